The molecule has 7 heteroatoms. The summed E-state index contributed by atoms with van der Waals surface area (Å²) in [5.41, 5.74) is 5.09. The summed E-state index contributed by atoms with van der Waals surface area (Å²) in [6.07, 6.45) is 5.50. The molecule has 3 aliphatic heterocycles. The van der Waals surface area contributed by atoms with E-state index in [-0.39, 0.29) is 52.5 Å². The third kappa shape index (κ3) is 14.0. The monoisotopic (exact) mass is 544 g/mol. The Morgan fingerprint density at radius 2 is 1.86 bits per heavy atom. The Hall–Kier alpha value is -1.08. The molecule has 5 rings (SSSR count). The molecule has 1 aromatic heterocycles. The van der Waals surface area contributed by atoms with Crippen molar-refractivity contribution in [2.45, 2.75) is 25.7 Å². The molecule has 3 aliphatic rings. The first-order valence-corrected chi connectivity index (χ1v) is 9.01. The number of aromatic nitrogens is 1. The Labute approximate surface area is 205 Å². The fraction of sp³-hybridized carbons (Fsp3) is 0.381. The van der Waals surface area contributed by atoms with Crippen molar-refractivity contribution in [1.29, 1.82) is 0 Å². The van der Waals surface area contributed by atoms with Gasteiger partial charge in [0.05, 0.1) is 0 Å². The van der Waals surface area contributed by atoms with Crippen LogP contribution in [-0.4, -0.2) is 40.7 Å². The number of rotatable bonds is 1. The van der Waals surface area contributed by atoms with E-state index >= 15 is 0 Å². The van der Waals surface area contributed by atoms with Gasteiger partial charge in [0.1, 0.15) is 5.56 Å². The van der Waals surface area contributed by atoms with Crippen LogP contribution in [-0.2, 0) is 6.42 Å². The minimum absolute atomic E-state index is 0. The molecule has 1 amide bonds. The molecule has 159 valence electrons. The van der Waals surface area contributed by atoms with Crippen molar-refractivity contribution in [2.75, 3.05) is 19.6 Å². The molecule has 4 heterocycles. The average Bonchev–Trinajstić information content (AvgIpc) is 2.71. The number of pyridine rings is 1. The second-order valence-electron chi connectivity index (χ2n) is 6.20. The molecule has 3 saturated heterocycles. The normalized spacial score (nSPS) is 18.5. The van der Waals surface area contributed by atoms with Gasteiger partial charge in [0.25, 0.3) is 0 Å². The van der Waals surface area contributed by atoms with Crippen LogP contribution in [0.4, 0.5) is 4.79 Å². The summed E-state index contributed by atoms with van der Waals surface area (Å²) < 4.78 is 0. The molecule has 0 saturated carbocycles. The Morgan fingerprint density at radius 1 is 1.25 bits per heavy atom. The molecule has 0 aliphatic carbocycles. The zero-order valence-corrected chi connectivity index (χ0v) is 17.5. The maximum Gasteiger partial charge on any atom is 3.00 e. The largest absolute Gasteiger partial charge is 3.00 e. The molecule has 6 nitrogen and oxygen atoms in total. The number of nitrogens with one attached hydrogen (secondary N) is 1. The second-order valence-corrected chi connectivity index (χ2v) is 6.20. The fourth-order valence-electron chi connectivity index (χ4n) is 2.79. The number of carboxylic acid groups (broad SMARTS) is 1. The predicted molar refractivity (Wildman–Crippen MR) is 106 cm³/mol. The van der Waals surface area contributed by atoms with E-state index in [0.29, 0.717) is 0 Å². The number of piperidine rings is 3. The first-order valence-electron chi connectivity index (χ1n) is 9.01. The Kier molecular flexibility index (Phi) is 16.2. The summed E-state index contributed by atoms with van der Waals surface area (Å²) in [4.78, 5) is 24.0. The van der Waals surface area contributed by atoms with Crippen LogP contribution in [0.2, 0.25) is 0 Å². The number of amides is 1. The van der Waals surface area contributed by atoms with Gasteiger partial charge < -0.3 is 32.4 Å². The molecule has 2 aromatic rings. The van der Waals surface area contributed by atoms with Crippen LogP contribution < -0.4 is 11.3 Å². The number of nitrogens with zero attached hydrogens (tertiary/aromatic N) is 1. The van der Waals surface area contributed by atoms with Crippen LogP contribution in [0.15, 0.2) is 47.4 Å². The second kappa shape index (κ2) is 16.8. The maximum absolute atomic E-state index is 10.2. The molecule has 28 heavy (non-hydrogen) atoms. The van der Waals surface area contributed by atoms with Gasteiger partial charge in [0.2, 0.25) is 0 Å². The number of H-pyrrole nitrogens is 1. The van der Waals surface area contributed by atoms with Crippen molar-refractivity contribution in [3.8, 4) is 0 Å². The molecule has 3 fully saturated rings. The van der Waals surface area contributed by atoms with Crippen molar-refractivity contribution in [3.05, 3.63) is 77.6 Å². The minimum Gasteiger partial charge on any atom is -0.465 e. The van der Waals surface area contributed by atoms with E-state index in [1.807, 2.05) is 24.3 Å². The molecule has 4 N–H and O–H groups in total. The molecule has 2 bridgehead atoms. The van der Waals surface area contributed by atoms with E-state index in [4.69, 9.17) is 9.90 Å². The van der Waals surface area contributed by atoms with E-state index in [0.717, 1.165) is 12.3 Å². The van der Waals surface area contributed by atoms with Crippen molar-refractivity contribution >= 4 is 6.09 Å². The first-order chi connectivity index (χ1) is 13.0. The summed E-state index contributed by atoms with van der Waals surface area (Å²) in [6.45, 7) is 7.91. The van der Waals surface area contributed by atoms with Crippen LogP contribution in [0.5, 0.6) is 0 Å². The van der Waals surface area contributed by atoms with Gasteiger partial charge in [-0.1, -0.05) is 0 Å². The van der Waals surface area contributed by atoms with Crippen LogP contribution in [0.25, 0.3) is 0 Å². The Morgan fingerprint density at radius 3 is 2.07 bits per heavy atom. The average molecular weight is 544 g/mol. The Bertz CT molecular complexity index is 642. The summed E-state index contributed by atoms with van der Waals surface area (Å²) in [5, 5.41) is 7.19. The molecule has 1 radical (unpaired) electrons. The van der Waals surface area contributed by atoms with Crippen LogP contribution in [0.1, 0.15) is 24.8 Å². The van der Waals surface area contributed by atoms with Gasteiger partial charge in [-0.3, -0.25) is 0 Å². The molecule has 0 unspecified atom stereocenters. The number of fused-ring (bicyclic) bond motifs is 3. The van der Waals surface area contributed by atoms with Gasteiger partial charge in [-0.15, -0.1) is 12.3 Å². The first kappa shape index (κ1) is 26.9. The van der Waals surface area contributed by atoms with Gasteiger partial charge in [-0.2, -0.15) is 54.4 Å². The van der Waals surface area contributed by atoms with Gasteiger partial charge in [0, 0.05) is 0 Å². The standard InChI is InChI=1S/C8H8.C7H13N.C5H4NO.CH3NO2.Yb/c1-2-8-6-4-3-5-7-8;1-4-8-5-2-7(1)3-6-8;7-5-3-1-2-4-6-5;2-1(3)4;/h3-6H,1-2H2;7H,1-6H2;2-4H,(H,6,7);2H2,(H,3,4);/q-2;;-1;;+3. The summed E-state index contributed by atoms with van der Waals surface area (Å²) in [7, 11) is 0. The molecule has 0 spiro atoms. The van der Waals surface area contributed by atoms with E-state index in [9.17, 15) is 4.79 Å². The molecular weight excluding hydrogens is 515 g/mol. The van der Waals surface area contributed by atoms with E-state index in [1.54, 1.807) is 12.3 Å². The molecule has 1 aromatic carbocycles. The van der Waals surface area contributed by atoms with Gasteiger partial charge >= 0.3 is 53.0 Å². The third-order valence-corrected chi connectivity index (χ3v) is 4.22. The van der Waals surface area contributed by atoms with E-state index < -0.39 is 6.09 Å². The molecular formula is C21H28N3O3Yb. The molecule has 0 atom stereocenters. The van der Waals surface area contributed by atoms with Crippen LogP contribution >= 0.6 is 0 Å². The van der Waals surface area contributed by atoms with Gasteiger partial charge in [-0.25, -0.2) is 4.79 Å². The fourth-order valence-corrected chi connectivity index (χ4v) is 2.79. The van der Waals surface area contributed by atoms with Crippen molar-refractivity contribution < 1.29 is 56.8 Å². The smallest absolute Gasteiger partial charge is 0.465 e. The quantitative estimate of drug-likeness (QED) is 0.482. The number of primary amides is 1. The number of carbonyl (C=O) groups is 1. The van der Waals surface area contributed by atoms with E-state index in [1.165, 1.54) is 50.5 Å². The number of aromatic amines is 1. The number of hydrogen-bond acceptors (Lipinski definition) is 3. The van der Waals surface area contributed by atoms with Crippen molar-refractivity contribution in [3.63, 3.8) is 0 Å². The van der Waals surface area contributed by atoms with Crippen LogP contribution in [0.3, 0.4) is 0 Å². The zero-order valence-electron chi connectivity index (χ0n) is 15.8. The zero-order chi connectivity index (χ0) is 19.9. The number of benzene rings is 1. The maximum atomic E-state index is 10.2. The van der Waals surface area contributed by atoms with E-state index in [2.05, 4.69) is 34.7 Å². The SMILES string of the molecule is C1CN2CCC1CC2.NC(=O)O.O=c1c[c-]cc[nH]1.[CH2-]Cc1[c-]cccc1.[Yb+3]. The van der Waals surface area contributed by atoms with Crippen molar-refractivity contribution in [2.24, 2.45) is 11.7 Å². The predicted octanol–water partition coefficient (Wildman–Crippen LogP) is 2.76. The summed E-state index contributed by atoms with van der Waals surface area (Å²) >= 11 is 0. The number of nitrogens with two attached hydrogens (primary N) is 1. The summed E-state index contributed by atoms with van der Waals surface area (Å²) in [5.74, 6) is 1.11. The Balaban J connectivity index is 0.000000353. The van der Waals surface area contributed by atoms with Gasteiger partial charge in [0.15, 0.2) is 0 Å². The van der Waals surface area contributed by atoms with Crippen molar-refractivity contribution in [1.82, 2.24) is 9.88 Å². The van der Waals surface area contributed by atoms with Crippen LogP contribution in [0, 0.1) is 71.9 Å². The summed E-state index contributed by atoms with van der Waals surface area (Å²) in [6, 6.07) is 16.5. The topological polar surface area (TPSA) is 99.4 Å². The third-order valence-electron chi connectivity index (χ3n) is 4.22. The van der Waals surface area contributed by atoms with Gasteiger partial charge in [-0.05, 0) is 44.8 Å². The minimum atomic E-state index is -1.33. The number of hydrogen-bond donors (Lipinski definition) is 3.